The summed E-state index contributed by atoms with van der Waals surface area (Å²) in [5.41, 5.74) is 0. The maximum absolute atomic E-state index is 9.85. The molecule has 151 valence electrons. The molecule has 29 heavy (non-hydrogen) atoms. The minimum absolute atomic E-state index is 0.170. The molecule has 0 saturated carbocycles. The van der Waals surface area contributed by atoms with E-state index in [0.717, 1.165) is 17.8 Å². The van der Waals surface area contributed by atoms with E-state index >= 15 is 0 Å². The van der Waals surface area contributed by atoms with E-state index in [9.17, 15) is 20.4 Å². The van der Waals surface area contributed by atoms with Crippen LogP contribution < -0.4 is 17.8 Å². The molecule has 0 aliphatic carbocycles. The first-order valence-electron chi connectivity index (χ1n) is 8.78. The Morgan fingerprint density at radius 2 is 0.483 bits per heavy atom. The van der Waals surface area contributed by atoms with Gasteiger partial charge in [-0.1, -0.05) is 0 Å². The molecule has 0 bridgehead atoms. The average molecular weight is 436 g/mol. The van der Waals surface area contributed by atoms with Crippen molar-refractivity contribution in [2.75, 3.05) is 0 Å². The van der Waals surface area contributed by atoms with Gasteiger partial charge in [-0.25, -0.2) is 0 Å². The first-order valence-corrected chi connectivity index (χ1v) is 10.7. The Labute approximate surface area is 171 Å². The van der Waals surface area contributed by atoms with E-state index in [1.165, 1.54) is 0 Å². The molecule has 0 aliphatic heterocycles. The third-order valence-electron chi connectivity index (χ3n) is 4.25. The molecule has 0 atom stereocenters. The van der Waals surface area contributed by atoms with E-state index in [-0.39, 0.29) is 23.0 Å². The predicted octanol–water partition coefficient (Wildman–Crippen LogP) is 2.26. The zero-order valence-corrected chi connectivity index (χ0v) is 16.3. The van der Waals surface area contributed by atoms with Gasteiger partial charge in [0.2, 0.25) is 0 Å². The summed E-state index contributed by atoms with van der Waals surface area (Å²) in [6, 6.07) is 28.3. The molecule has 0 fully saturated rings. The number of hydrogen-bond acceptors (Lipinski definition) is 4. The van der Waals surface area contributed by atoms with Gasteiger partial charge in [-0.15, -0.1) is 0 Å². The Bertz CT molecular complexity index is 916. The Morgan fingerprint density at radius 3 is 0.655 bits per heavy atom. The van der Waals surface area contributed by atoms with Crippen LogP contribution in [-0.4, -0.2) is 20.4 Å². The van der Waals surface area contributed by atoms with Crippen LogP contribution in [0, 0.1) is 0 Å². The molecule has 4 rings (SSSR count). The van der Waals surface area contributed by atoms with E-state index in [2.05, 4.69) is 0 Å². The van der Waals surface area contributed by atoms with Crippen LogP contribution in [0.25, 0.3) is 0 Å². The zero-order chi connectivity index (χ0) is 20.4. The van der Waals surface area contributed by atoms with Gasteiger partial charge in [0.25, 0.3) is 0 Å². The molecule has 0 aliphatic rings. The van der Waals surface area contributed by atoms with Crippen LogP contribution in [0.4, 0.5) is 0 Å². The summed E-state index contributed by atoms with van der Waals surface area (Å²) < 4.78 is 3.86. The molecule has 0 heterocycles. The molecule has 5 heteroatoms. The Balaban J connectivity index is 2.11. The molecular weight excluding hydrogens is 416 g/mol. The van der Waals surface area contributed by atoms with Crippen molar-refractivity contribution in [2.24, 2.45) is 0 Å². The normalized spacial score (nSPS) is 11.9. The standard InChI is InChI=1S/4C6H5O.Cu/c4*7-6-4-2-1-3-5-6;/h4*2-5,7H;. The van der Waals surface area contributed by atoms with Gasteiger partial charge in [-0.3, -0.25) is 0 Å². The van der Waals surface area contributed by atoms with Crippen molar-refractivity contribution in [3.05, 3.63) is 97.1 Å². The van der Waals surface area contributed by atoms with Crippen LogP contribution in [-0.2, 0) is 12.8 Å². The molecule has 4 aromatic carbocycles. The molecule has 0 unspecified atom stereocenters. The second kappa shape index (κ2) is 7.55. The summed E-state index contributed by atoms with van der Waals surface area (Å²) >= 11 is -1.95. The van der Waals surface area contributed by atoms with E-state index in [0.29, 0.717) is 0 Å². The summed E-state index contributed by atoms with van der Waals surface area (Å²) in [6.45, 7) is 0. The monoisotopic (exact) mass is 435 g/mol. The summed E-state index contributed by atoms with van der Waals surface area (Å²) in [7, 11) is 0. The van der Waals surface area contributed by atoms with Gasteiger partial charge in [0, 0.05) is 0 Å². The second-order valence-electron chi connectivity index (χ2n) is 6.18. The van der Waals surface area contributed by atoms with Crippen molar-refractivity contribution in [1.82, 2.24) is 0 Å². The van der Waals surface area contributed by atoms with Crippen LogP contribution in [0.1, 0.15) is 0 Å². The first-order chi connectivity index (χ1) is 14.0. The van der Waals surface area contributed by atoms with Crippen molar-refractivity contribution in [3.8, 4) is 23.0 Å². The summed E-state index contributed by atoms with van der Waals surface area (Å²) in [4.78, 5) is 0. The summed E-state index contributed by atoms with van der Waals surface area (Å²) in [6.07, 6.45) is 0. The van der Waals surface area contributed by atoms with Crippen LogP contribution in [0.3, 0.4) is 0 Å². The van der Waals surface area contributed by atoms with Crippen molar-refractivity contribution in [2.45, 2.75) is 0 Å². The van der Waals surface area contributed by atoms with Crippen LogP contribution in [0.15, 0.2) is 97.1 Å². The quantitative estimate of drug-likeness (QED) is 0.371. The fourth-order valence-corrected chi connectivity index (χ4v) is 7.31. The number of benzene rings is 4. The average Bonchev–Trinajstić information content (AvgIpc) is 2.73. The van der Waals surface area contributed by atoms with E-state index < -0.39 is 12.8 Å². The molecule has 0 spiro atoms. The molecular formula is C24H20CuO4. The minimum atomic E-state index is -1.95. The van der Waals surface area contributed by atoms with E-state index in [4.69, 9.17) is 0 Å². The number of phenolic OH excluding ortho intramolecular Hbond substituents is 4. The SMILES string of the molecule is Oc1cc[c]([Cu]([c]2ccc(O)cc2)([c]2ccc(O)cc2)[c]2ccc(O)cc2)cc1. The fraction of sp³-hybridized carbons (Fsp3) is 0. The summed E-state index contributed by atoms with van der Waals surface area (Å²) in [5.74, 6) is 0.679. The van der Waals surface area contributed by atoms with Gasteiger partial charge in [-0.2, -0.15) is 0 Å². The van der Waals surface area contributed by atoms with Gasteiger partial charge in [0.05, 0.1) is 0 Å². The van der Waals surface area contributed by atoms with E-state index in [1.807, 2.05) is 48.5 Å². The Kier molecular flexibility index (Phi) is 4.93. The Hall–Kier alpha value is -3.40. The number of rotatable bonds is 4. The summed E-state index contributed by atoms with van der Waals surface area (Å²) in [5, 5.41) is 39.4. The van der Waals surface area contributed by atoms with E-state index in [1.54, 1.807) is 48.5 Å². The molecule has 0 saturated heterocycles. The van der Waals surface area contributed by atoms with Gasteiger partial charge in [0.1, 0.15) is 0 Å². The first kappa shape index (κ1) is 18.9. The van der Waals surface area contributed by atoms with Crippen LogP contribution in [0.2, 0.25) is 0 Å². The van der Waals surface area contributed by atoms with Crippen LogP contribution in [0.5, 0.6) is 23.0 Å². The molecule has 4 aromatic rings. The topological polar surface area (TPSA) is 80.9 Å². The number of hydrogen-bond donors (Lipinski definition) is 4. The number of phenols is 4. The van der Waals surface area contributed by atoms with Crippen molar-refractivity contribution in [1.29, 1.82) is 0 Å². The predicted molar refractivity (Wildman–Crippen MR) is 111 cm³/mol. The zero-order valence-electron chi connectivity index (χ0n) is 15.3. The molecule has 0 radical (unpaired) electrons. The van der Waals surface area contributed by atoms with Crippen molar-refractivity contribution in [3.63, 3.8) is 0 Å². The molecule has 4 N–H and O–H groups in total. The van der Waals surface area contributed by atoms with Gasteiger partial charge in [-0.05, 0) is 0 Å². The molecule has 0 amide bonds. The second-order valence-corrected chi connectivity index (χ2v) is 9.77. The van der Waals surface area contributed by atoms with Gasteiger partial charge in [0.15, 0.2) is 0 Å². The van der Waals surface area contributed by atoms with Gasteiger partial charge < -0.3 is 0 Å². The van der Waals surface area contributed by atoms with Gasteiger partial charge >= 0.3 is 171 Å². The third kappa shape index (κ3) is 3.42. The Morgan fingerprint density at radius 1 is 0.310 bits per heavy atom. The van der Waals surface area contributed by atoms with Crippen molar-refractivity contribution >= 4 is 17.8 Å². The maximum atomic E-state index is 9.85. The van der Waals surface area contributed by atoms with Crippen LogP contribution >= 0.6 is 0 Å². The fourth-order valence-electron chi connectivity index (χ4n) is 2.92. The van der Waals surface area contributed by atoms with Crippen molar-refractivity contribution < 1.29 is 33.3 Å². The number of aromatic hydroxyl groups is 4. The molecule has 0 aromatic heterocycles. The molecule has 4 nitrogen and oxygen atoms in total. The third-order valence-corrected chi connectivity index (χ3v) is 8.77.